The minimum absolute atomic E-state index is 0.195. The molecule has 0 bridgehead atoms. The van der Waals surface area contributed by atoms with Gasteiger partial charge < -0.3 is 20.5 Å². The maximum atomic E-state index is 11.6. The molecule has 1 rings (SSSR count). The predicted octanol–water partition coefficient (Wildman–Crippen LogP) is 2.23. The Morgan fingerprint density at radius 3 is 2.16 bits per heavy atom. The Morgan fingerprint density at radius 2 is 1.68 bits per heavy atom. The predicted molar refractivity (Wildman–Crippen MR) is 93.1 cm³/mol. The molecular weight excluding hydrogens is 324 g/mol. The van der Waals surface area contributed by atoms with Gasteiger partial charge in [-0.15, -0.1) is 0 Å². The van der Waals surface area contributed by atoms with E-state index in [0.717, 1.165) is 11.1 Å². The number of hydrogen-bond donors (Lipinski definition) is 3. The van der Waals surface area contributed by atoms with Crippen molar-refractivity contribution in [1.29, 1.82) is 0 Å². The molecule has 0 spiro atoms. The number of benzene rings is 1. The minimum atomic E-state index is -1.07. The Balaban J connectivity index is 2.59. The summed E-state index contributed by atoms with van der Waals surface area (Å²) in [6, 6.07) is 6.19. The summed E-state index contributed by atoms with van der Waals surface area (Å²) in [7, 11) is 0. The Morgan fingerprint density at radius 1 is 1.12 bits per heavy atom. The highest BCUT2D eigenvalue weighted by Gasteiger charge is 2.19. The molecular formula is C18H26N2O5. The molecule has 2 amide bonds. The zero-order valence-corrected chi connectivity index (χ0v) is 15.1. The molecule has 1 atom stereocenters. The molecule has 138 valence electrons. The normalized spacial score (nSPS) is 12.2. The van der Waals surface area contributed by atoms with Crippen molar-refractivity contribution >= 4 is 18.0 Å². The van der Waals surface area contributed by atoms with Gasteiger partial charge in [-0.05, 0) is 31.9 Å². The SMILES string of the molecule is CCC(=O)NC(Cc1ccc(CNC(=O)OC(C)(C)C)cc1)C(=O)O. The molecule has 1 aromatic rings. The molecule has 1 unspecified atom stereocenters. The number of aliphatic carboxylic acids is 1. The minimum Gasteiger partial charge on any atom is -0.480 e. The van der Waals surface area contributed by atoms with Gasteiger partial charge in [-0.3, -0.25) is 4.79 Å². The molecule has 3 N–H and O–H groups in total. The van der Waals surface area contributed by atoms with Crippen LogP contribution in [0.2, 0.25) is 0 Å². The van der Waals surface area contributed by atoms with E-state index in [1.54, 1.807) is 52.0 Å². The van der Waals surface area contributed by atoms with Gasteiger partial charge in [0, 0.05) is 19.4 Å². The van der Waals surface area contributed by atoms with Gasteiger partial charge >= 0.3 is 12.1 Å². The molecule has 0 aliphatic heterocycles. The number of carboxylic acids is 1. The van der Waals surface area contributed by atoms with Gasteiger partial charge in [-0.2, -0.15) is 0 Å². The van der Waals surface area contributed by atoms with Crippen LogP contribution in [0.15, 0.2) is 24.3 Å². The molecule has 0 saturated heterocycles. The van der Waals surface area contributed by atoms with Crippen molar-refractivity contribution in [3.8, 4) is 0 Å². The monoisotopic (exact) mass is 350 g/mol. The van der Waals surface area contributed by atoms with Crippen molar-refractivity contribution < 1.29 is 24.2 Å². The fraction of sp³-hybridized carbons (Fsp3) is 0.500. The number of rotatable bonds is 7. The van der Waals surface area contributed by atoms with Gasteiger partial charge in [0.25, 0.3) is 0 Å². The number of carboxylic acid groups (broad SMARTS) is 1. The van der Waals surface area contributed by atoms with E-state index < -0.39 is 23.7 Å². The maximum absolute atomic E-state index is 11.6. The van der Waals surface area contributed by atoms with Crippen molar-refractivity contribution in [1.82, 2.24) is 10.6 Å². The second kappa shape index (κ2) is 9.05. The van der Waals surface area contributed by atoms with Crippen LogP contribution >= 0.6 is 0 Å². The third-order valence-electron chi connectivity index (χ3n) is 3.25. The molecule has 0 radical (unpaired) electrons. The van der Waals surface area contributed by atoms with Gasteiger partial charge in [0.15, 0.2) is 0 Å². The van der Waals surface area contributed by atoms with E-state index in [-0.39, 0.29) is 18.7 Å². The fourth-order valence-electron chi connectivity index (χ4n) is 2.01. The summed E-state index contributed by atoms with van der Waals surface area (Å²) in [6.07, 6.45) is -0.0651. The quantitative estimate of drug-likeness (QED) is 0.699. The van der Waals surface area contributed by atoms with E-state index in [0.29, 0.717) is 6.54 Å². The van der Waals surface area contributed by atoms with Crippen molar-refractivity contribution in [2.45, 2.75) is 58.7 Å². The first kappa shape index (κ1) is 20.5. The first-order chi connectivity index (χ1) is 11.6. The van der Waals surface area contributed by atoms with E-state index >= 15 is 0 Å². The summed E-state index contributed by atoms with van der Waals surface area (Å²) < 4.78 is 5.15. The standard InChI is InChI=1S/C18H26N2O5/c1-5-15(21)20-14(16(22)23)10-12-6-8-13(9-7-12)11-19-17(24)25-18(2,3)4/h6-9,14H,5,10-11H2,1-4H3,(H,19,24)(H,20,21)(H,22,23). The van der Waals surface area contributed by atoms with Crippen molar-refractivity contribution in [2.75, 3.05) is 0 Å². The van der Waals surface area contributed by atoms with Crippen LogP contribution in [0.3, 0.4) is 0 Å². The van der Waals surface area contributed by atoms with Crippen LogP contribution in [0.25, 0.3) is 0 Å². The third kappa shape index (κ3) is 8.19. The van der Waals surface area contributed by atoms with Gasteiger partial charge in [-0.25, -0.2) is 9.59 Å². The van der Waals surface area contributed by atoms with Crippen LogP contribution in [0, 0.1) is 0 Å². The van der Waals surface area contributed by atoms with E-state index in [2.05, 4.69) is 10.6 Å². The van der Waals surface area contributed by atoms with Crippen LogP contribution in [-0.4, -0.2) is 34.7 Å². The highest BCUT2D eigenvalue weighted by atomic mass is 16.6. The van der Waals surface area contributed by atoms with Crippen LogP contribution in [0.5, 0.6) is 0 Å². The lowest BCUT2D eigenvalue weighted by Crippen LogP contribution is -2.42. The molecule has 7 heteroatoms. The summed E-state index contributed by atoms with van der Waals surface area (Å²) >= 11 is 0. The molecule has 0 aliphatic rings. The Labute approximate surface area is 147 Å². The average molecular weight is 350 g/mol. The smallest absolute Gasteiger partial charge is 0.407 e. The summed E-state index contributed by atoms with van der Waals surface area (Å²) in [5.41, 5.74) is 1.09. The largest absolute Gasteiger partial charge is 0.480 e. The van der Waals surface area contributed by atoms with E-state index in [9.17, 15) is 19.5 Å². The number of amides is 2. The van der Waals surface area contributed by atoms with Crippen LogP contribution in [-0.2, 0) is 27.3 Å². The molecule has 1 aromatic carbocycles. The summed E-state index contributed by atoms with van der Waals surface area (Å²) in [4.78, 5) is 34.2. The van der Waals surface area contributed by atoms with Crippen molar-refractivity contribution in [3.05, 3.63) is 35.4 Å². The Hall–Kier alpha value is -2.57. The molecule has 0 aromatic heterocycles. The topological polar surface area (TPSA) is 105 Å². The van der Waals surface area contributed by atoms with Gasteiger partial charge in [0.05, 0.1) is 0 Å². The summed E-state index contributed by atoms with van der Waals surface area (Å²) in [5, 5.41) is 14.3. The van der Waals surface area contributed by atoms with Crippen LogP contribution in [0.4, 0.5) is 4.79 Å². The third-order valence-corrected chi connectivity index (χ3v) is 3.25. The van der Waals surface area contributed by atoms with Crippen LogP contribution in [0.1, 0.15) is 45.2 Å². The lowest BCUT2D eigenvalue weighted by atomic mass is 10.0. The fourth-order valence-corrected chi connectivity index (χ4v) is 2.01. The van der Waals surface area contributed by atoms with Crippen LogP contribution < -0.4 is 10.6 Å². The zero-order valence-electron chi connectivity index (χ0n) is 15.1. The number of alkyl carbamates (subject to hydrolysis) is 1. The lowest BCUT2D eigenvalue weighted by Gasteiger charge is -2.19. The van der Waals surface area contributed by atoms with Gasteiger partial charge in [0.1, 0.15) is 11.6 Å². The zero-order chi connectivity index (χ0) is 19.0. The number of ether oxygens (including phenoxy) is 1. The first-order valence-electron chi connectivity index (χ1n) is 8.17. The van der Waals surface area contributed by atoms with E-state index in [4.69, 9.17) is 4.74 Å². The molecule has 0 fully saturated rings. The second-order valence-corrected chi connectivity index (χ2v) is 6.69. The number of nitrogens with one attached hydrogen (secondary N) is 2. The second-order valence-electron chi connectivity index (χ2n) is 6.69. The lowest BCUT2D eigenvalue weighted by molar-refractivity contribution is -0.141. The Kier molecular flexibility index (Phi) is 7.42. The molecule has 7 nitrogen and oxygen atoms in total. The molecule has 0 heterocycles. The number of hydrogen-bond acceptors (Lipinski definition) is 4. The maximum Gasteiger partial charge on any atom is 0.407 e. The van der Waals surface area contributed by atoms with E-state index in [1.165, 1.54) is 0 Å². The summed E-state index contributed by atoms with van der Waals surface area (Å²) in [5.74, 6) is -1.37. The van der Waals surface area contributed by atoms with Gasteiger partial charge in [0.2, 0.25) is 5.91 Å². The molecule has 0 aliphatic carbocycles. The Bertz CT molecular complexity index is 605. The highest BCUT2D eigenvalue weighted by Crippen LogP contribution is 2.09. The first-order valence-corrected chi connectivity index (χ1v) is 8.17. The van der Waals surface area contributed by atoms with Gasteiger partial charge in [-0.1, -0.05) is 31.2 Å². The van der Waals surface area contributed by atoms with Crippen molar-refractivity contribution in [3.63, 3.8) is 0 Å². The van der Waals surface area contributed by atoms with E-state index in [1.807, 2.05) is 0 Å². The molecule has 0 saturated carbocycles. The number of carbonyl (C=O) groups is 3. The van der Waals surface area contributed by atoms with Crippen molar-refractivity contribution in [2.24, 2.45) is 0 Å². The average Bonchev–Trinajstić information content (AvgIpc) is 2.51. The number of carbonyl (C=O) groups excluding carboxylic acids is 2. The highest BCUT2D eigenvalue weighted by molar-refractivity contribution is 5.83. The molecule has 25 heavy (non-hydrogen) atoms. The summed E-state index contributed by atoms with van der Waals surface area (Å²) in [6.45, 7) is 7.34.